The first kappa shape index (κ1) is 23.1. The zero-order valence-electron chi connectivity index (χ0n) is 20.1. The standard InChI is InChI=1S/C27H24FN5O4/c1-15-14-32(26(35)17-5-3-2-4-6-17)11-12-33(15)27(36)23(34)19-13-29-22-18(9-10-20(28)21(19)22)24-30-25(37-31-24)16-7-8-16/h2-6,9-10,13,15-16,29H,7-8,11-12,14H2,1H3/t15-/m1/s1. The van der Waals surface area contributed by atoms with Crippen LogP contribution in [0.4, 0.5) is 4.39 Å². The lowest BCUT2D eigenvalue weighted by atomic mass is 10.0. The predicted molar refractivity (Wildman–Crippen MR) is 131 cm³/mol. The van der Waals surface area contributed by atoms with Crippen LogP contribution in [0.5, 0.6) is 0 Å². The van der Waals surface area contributed by atoms with Gasteiger partial charge in [-0.05, 0) is 44.0 Å². The minimum absolute atomic E-state index is 0.0131. The number of nitrogens with one attached hydrogen (secondary N) is 1. The number of rotatable bonds is 5. The molecule has 2 amide bonds. The molecule has 0 radical (unpaired) electrons. The van der Waals surface area contributed by atoms with Crippen molar-refractivity contribution in [3.05, 3.63) is 71.5 Å². The lowest BCUT2D eigenvalue weighted by Gasteiger charge is -2.39. The highest BCUT2D eigenvalue weighted by Gasteiger charge is 2.35. The SMILES string of the molecule is C[C@@H]1CN(C(=O)c2ccccc2)CCN1C(=O)C(=O)c1c[nH]c2c(-c3noc(C4CC4)n3)ccc(F)c12. The maximum Gasteiger partial charge on any atom is 0.295 e. The topological polar surface area (TPSA) is 112 Å². The highest BCUT2D eigenvalue weighted by Crippen LogP contribution is 2.40. The van der Waals surface area contributed by atoms with E-state index in [9.17, 15) is 18.8 Å². The van der Waals surface area contributed by atoms with Gasteiger partial charge >= 0.3 is 0 Å². The van der Waals surface area contributed by atoms with Crippen LogP contribution >= 0.6 is 0 Å². The number of ketones is 1. The van der Waals surface area contributed by atoms with Crippen molar-refractivity contribution in [1.29, 1.82) is 0 Å². The van der Waals surface area contributed by atoms with E-state index in [1.807, 2.05) is 6.07 Å². The van der Waals surface area contributed by atoms with Gasteiger partial charge in [0.15, 0.2) is 0 Å². The van der Waals surface area contributed by atoms with Crippen LogP contribution in [-0.4, -0.2) is 68.2 Å². The summed E-state index contributed by atoms with van der Waals surface area (Å²) < 4.78 is 20.3. The number of carbonyl (C=O) groups excluding carboxylic acids is 3. The minimum atomic E-state index is -0.816. The smallest absolute Gasteiger partial charge is 0.295 e. The second-order valence-corrected chi connectivity index (χ2v) is 9.57. The molecular formula is C27H24FN5O4. The molecule has 0 bridgehead atoms. The summed E-state index contributed by atoms with van der Waals surface area (Å²) in [6.45, 7) is 2.58. The van der Waals surface area contributed by atoms with E-state index in [4.69, 9.17) is 4.52 Å². The van der Waals surface area contributed by atoms with Gasteiger partial charge in [-0.2, -0.15) is 4.98 Å². The van der Waals surface area contributed by atoms with Crippen LogP contribution in [-0.2, 0) is 4.79 Å². The summed E-state index contributed by atoms with van der Waals surface area (Å²) in [6.07, 6.45) is 3.34. The molecule has 1 aliphatic carbocycles. The summed E-state index contributed by atoms with van der Waals surface area (Å²) in [5.74, 6) is -1.20. The number of Topliss-reactive ketones (excluding diaryl/α,β-unsaturated/α-hetero) is 1. The molecule has 2 aromatic carbocycles. The molecule has 188 valence electrons. The molecular weight excluding hydrogens is 477 g/mol. The molecule has 1 saturated heterocycles. The maximum atomic E-state index is 15.0. The van der Waals surface area contributed by atoms with Gasteiger partial charge in [-0.3, -0.25) is 14.4 Å². The quantitative estimate of drug-likeness (QED) is 0.329. The molecule has 0 unspecified atom stereocenters. The number of fused-ring (bicyclic) bond motifs is 1. The van der Waals surface area contributed by atoms with Crippen molar-refractivity contribution in [1.82, 2.24) is 24.9 Å². The molecule has 2 aromatic heterocycles. The molecule has 37 heavy (non-hydrogen) atoms. The average molecular weight is 502 g/mol. The molecule has 1 atom stereocenters. The molecule has 1 N–H and O–H groups in total. The van der Waals surface area contributed by atoms with Crippen molar-refractivity contribution in [2.75, 3.05) is 19.6 Å². The third-order valence-corrected chi connectivity index (χ3v) is 7.03. The molecule has 1 aliphatic heterocycles. The molecule has 2 aliphatic rings. The van der Waals surface area contributed by atoms with Gasteiger partial charge in [0.1, 0.15) is 5.82 Å². The van der Waals surface area contributed by atoms with Crippen LogP contribution < -0.4 is 0 Å². The van der Waals surface area contributed by atoms with E-state index in [-0.39, 0.29) is 35.4 Å². The molecule has 6 rings (SSSR count). The van der Waals surface area contributed by atoms with Gasteiger partial charge in [0.05, 0.1) is 11.1 Å². The van der Waals surface area contributed by atoms with Gasteiger partial charge in [0, 0.05) is 54.3 Å². The first-order valence-corrected chi connectivity index (χ1v) is 12.3. The van der Waals surface area contributed by atoms with Gasteiger partial charge in [0.2, 0.25) is 11.7 Å². The molecule has 9 nitrogen and oxygen atoms in total. The fourth-order valence-corrected chi connectivity index (χ4v) is 4.87. The average Bonchev–Trinajstić information content (AvgIpc) is 3.47. The first-order chi connectivity index (χ1) is 17.9. The second-order valence-electron chi connectivity index (χ2n) is 9.57. The Hall–Kier alpha value is -4.34. The summed E-state index contributed by atoms with van der Waals surface area (Å²) in [5, 5.41) is 4.04. The van der Waals surface area contributed by atoms with Crippen molar-refractivity contribution in [2.24, 2.45) is 0 Å². The number of H-pyrrole nitrogens is 1. The fourth-order valence-electron chi connectivity index (χ4n) is 4.87. The van der Waals surface area contributed by atoms with Crippen molar-refractivity contribution in [3.63, 3.8) is 0 Å². The third kappa shape index (κ3) is 4.08. The first-order valence-electron chi connectivity index (χ1n) is 12.3. The summed E-state index contributed by atoms with van der Waals surface area (Å²) in [4.78, 5) is 49.8. The van der Waals surface area contributed by atoms with Crippen LogP contribution in [0.25, 0.3) is 22.3 Å². The van der Waals surface area contributed by atoms with Gasteiger partial charge in [-0.15, -0.1) is 0 Å². The largest absolute Gasteiger partial charge is 0.360 e. The number of hydrogen-bond donors (Lipinski definition) is 1. The van der Waals surface area contributed by atoms with Gasteiger partial charge < -0.3 is 19.3 Å². The predicted octanol–water partition coefficient (Wildman–Crippen LogP) is 3.79. The van der Waals surface area contributed by atoms with Crippen LogP contribution in [0.3, 0.4) is 0 Å². The van der Waals surface area contributed by atoms with Crippen LogP contribution in [0, 0.1) is 5.82 Å². The summed E-state index contributed by atoms with van der Waals surface area (Å²) in [5.41, 5.74) is 1.33. The Labute approximate surface area is 211 Å². The maximum absolute atomic E-state index is 15.0. The lowest BCUT2D eigenvalue weighted by Crippen LogP contribution is -2.56. The number of piperazine rings is 1. The van der Waals surface area contributed by atoms with Crippen molar-refractivity contribution >= 4 is 28.5 Å². The van der Waals surface area contributed by atoms with Crippen molar-refractivity contribution < 1.29 is 23.3 Å². The van der Waals surface area contributed by atoms with Crippen LogP contribution in [0.15, 0.2) is 53.2 Å². The Morgan fingerprint density at radius 3 is 2.59 bits per heavy atom. The van der Waals surface area contributed by atoms with E-state index in [1.54, 1.807) is 36.1 Å². The zero-order valence-corrected chi connectivity index (χ0v) is 20.1. The van der Waals surface area contributed by atoms with E-state index < -0.39 is 17.5 Å². The van der Waals surface area contributed by atoms with E-state index >= 15 is 0 Å². The summed E-state index contributed by atoms with van der Waals surface area (Å²) in [6, 6.07) is 11.3. The Morgan fingerprint density at radius 1 is 1.08 bits per heavy atom. The normalized spacial score (nSPS) is 17.8. The molecule has 2 fully saturated rings. The van der Waals surface area contributed by atoms with Gasteiger partial charge in [-0.1, -0.05) is 23.4 Å². The second kappa shape index (κ2) is 8.95. The zero-order chi connectivity index (χ0) is 25.7. The third-order valence-electron chi connectivity index (χ3n) is 7.03. The number of benzene rings is 2. The minimum Gasteiger partial charge on any atom is -0.360 e. The molecule has 1 saturated carbocycles. The molecule has 10 heteroatoms. The number of aromatic amines is 1. The number of carbonyl (C=O) groups is 3. The summed E-state index contributed by atoms with van der Waals surface area (Å²) >= 11 is 0. The van der Waals surface area contributed by atoms with E-state index in [1.165, 1.54) is 23.2 Å². The number of aromatic nitrogens is 3. The highest BCUT2D eigenvalue weighted by atomic mass is 19.1. The number of amides is 2. The highest BCUT2D eigenvalue weighted by molar-refractivity contribution is 6.45. The van der Waals surface area contributed by atoms with Crippen molar-refractivity contribution in [3.8, 4) is 11.4 Å². The number of halogens is 1. The van der Waals surface area contributed by atoms with E-state index in [0.717, 1.165) is 12.8 Å². The Kier molecular flexibility index (Phi) is 5.58. The van der Waals surface area contributed by atoms with Gasteiger partial charge in [0.25, 0.3) is 17.6 Å². The van der Waals surface area contributed by atoms with Crippen LogP contribution in [0.2, 0.25) is 0 Å². The van der Waals surface area contributed by atoms with Crippen molar-refractivity contribution in [2.45, 2.75) is 31.7 Å². The molecule has 0 spiro atoms. The lowest BCUT2D eigenvalue weighted by molar-refractivity contribution is -0.130. The van der Waals surface area contributed by atoms with Crippen LogP contribution in [0.1, 0.15) is 52.3 Å². The Balaban J connectivity index is 1.23. The van der Waals surface area contributed by atoms with Gasteiger partial charge in [-0.25, -0.2) is 4.39 Å². The van der Waals surface area contributed by atoms with E-state index in [2.05, 4.69) is 15.1 Å². The number of hydrogen-bond acceptors (Lipinski definition) is 6. The van der Waals surface area contributed by atoms with E-state index in [0.29, 0.717) is 41.4 Å². The Bertz CT molecular complexity index is 1520. The molecule has 3 heterocycles. The number of nitrogens with zero attached hydrogens (tertiary/aromatic N) is 4. The summed E-state index contributed by atoms with van der Waals surface area (Å²) in [7, 11) is 0. The fraction of sp³-hybridized carbons (Fsp3) is 0.296. The Morgan fingerprint density at radius 2 is 1.86 bits per heavy atom. The molecule has 4 aromatic rings. The monoisotopic (exact) mass is 501 g/mol.